The number of carbonyl (C=O) groups is 1. The van der Waals surface area contributed by atoms with Gasteiger partial charge in [-0.05, 0) is 18.6 Å². The van der Waals surface area contributed by atoms with Crippen LogP contribution in [-0.2, 0) is 0 Å². The highest BCUT2D eigenvalue weighted by molar-refractivity contribution is 6.29. The Morgan fingerprint density at radius 1 is 1.30 bits per heavy atom. The number of benzene rings is 1. The Morgan fingerprint density at radius 3 is 2.85 bits per heavy atom. The standard InChI is InChI=1S/C14H15ClN4O/c1-2-7-16-11-6-4-3-5-10(11)14(20)19-13-8-12(15)17-9-18-13/h3-6,8-9,16H,2,7H2,1H3,(H,17,18,19,20). The number of nitrogens with zero attached hydrogens (tertiary/aromatic N) is 2. The molecule has 1 amide bonds. The molecule has 2 N–H and O–H groups in total. The molecule has 0 aliphatic rings. The lowest BCUT2D eigenvalue weighted by molar-refractivity contribution is 0.102. The third-order valence-corrected chi connectivity index (χ3v) is 2.82. The van der Waals surface area contributed by atoms with Gasteiger partial charge in [-0.3, -0.25) is 4.79 Å². The molecule has 2 rings (SSSR count). The second-order valence-corrected chi connectivity index (χ2v) is 4.54. The number of aromatic nitrogens is 2. The summed E-state index contributed by atoms with van der Waals surface area (Å²) in [5.41, 5.74) is 1.36. The van der Waals surface area contributed by atoms with E-state index in [9.17, 15) is 4.79 Å². The van der Waals surface area contributed by atoms with Gasteiger partial charge in [0, 0.05) is 18.3 Å². The number of anilines is 2. The van der Waals surface area contributed by atoms with Gasteiger partial charge in [-0.15, -0.1) is 0 Å². The van der Waals surface area contributed by atoms with E-state index in [0.29, 0.717) is 11.4 Å². The second-order valence-electron chi connectivity index (χ2n) is 4.15. The molecular weight excluding hydrogens is 276 g/mol. The minimum absolute atomic E-state index is 0.237. The van der Waals surface area contributed by atoms with Crippen LogP contribution in [-0.4, -0.2) is 22.4 Å². The van der Waals surface area contributed by atoms with Crippen molar-refractivity contribution in [1.82, 2.24) is 9.97 Å². The Hall–Kier alpha value is -2.14. The molecule has 0 saturated heterocycles. The fourth-order valence-corrected chi connectivity index (χ4v) is 1.83. The summed E-state index contributed by atoms with van der Waals surface area (Å²) in [4.78, 5) is 20.0. The van der Waals surface area contributed by atoms with E-state index < -0.39 is 0 Å². The maximum absolute atomic E-state index is 12.3. The summed E-state index contributed by atoms with van der Waals surface area (Å²) in [7, 11) is 0. The first-order valence-corrected chi connectivity index (χ1v) is 6.70. The Morgan fingerprint density at radius 2 is 2.10 bits per heavy atom. The van der Waals surface area contributed by atoms with Gasteiger partial charge in [-0.1, -0.05) is 30.7 Å². The van der Waals surface area contributed by atoms with Crippen LogP contribution >= 0.6 is 11.6 Å². The SMILES string of the molecule is CCCNc1ccccc1C(=O)Nc1cc(Cl)ncn1. The first-order valence-electron chi connectivity index (χ1n) is 6.32. The molecule has 0 saturated carbocycles. The summed E-state index contributed by atoms with van der Waals surface area (Å²) in [5, 5.41) is 6.21. The van der Waals surface area contributed by atoms with Crippen molar-refractivity contribution in [3.63, 3.8) is 0 Å². The predicted octanol–water partition coefficient (Wildman–Crippen LogP) is 3.20. The molecule has 1 aromatic carbocycles. The number of para-hydroxylation sites is 1. The molecule has 1 heterocycles. The largest absolute Gasteiger partial charge is 0.384 e. The minimum Gasteiger partial charge on any atom is -0.384 e. The third-order valence-electron chi connectivity index (χ3n) is 2.61. The number of nitrogens with one attached hydrogen (secondary N) is 2. The van der Waals surface area contributed by atoms with Gasteiger partial charge in [0.15, 0.2) is 0 Å². The van der Waals surface area contributed by atoms with Gasteiger partial charge in [0.1, 0.15) is 17.3 Å². The van der Waals surface area contributed by atoms with Crippen molar-refractivity contribution in [2.45, 2.75) is 13.3 Å². The zero-order valence-electron chi connectivity index (χ0n) is 11.1. The van der Waals surface area contributed by atoms with Crippen molar-refractivity contribution in [2.75, 3.05) is 17.2 Å². The molecule has 1 aromatic heterocycles. The quantitative estimate of drug-likeness (QED) is 0.830. The van der Waals surface area contributed by atoms with Gasteiger partial charge in [0.25, 0.3) is 5.91 Å². The molecule has 0 atom stereocenters. The van der Waals surface area contributed by atoms with Crippen molar-refractivity contribution in [2.24, 2.45) is 0 Å². The summed E-state index contributed by atoms with van der Waals surface area (Å²) < 4.78 is 0. The minimum atomic E-state index is -0.237. The van der Waals surface area contributed by atoms with Crippen molar-refractivity contribution in [3.8, 4) is 0 Å². The van der Waals surface area contributed by atoms with E-state index in [1.165, 1.54) is 12.4 Å². The van der Waals surface area contributed by atoms with Gasteiger partial charge in [-0.2, -0.15) is 0 Å². The lowest BCUT2D eigenvalue weighted by atomic mass is 10.1. The van der Waals surface area contributed by atoms with Gasteiger partial charge in [-0.25, -0.2) is 9.97 Å². The summed E-state index contributed by atoms with van der Waals surface area (Å²) >= 11 is 5.76. The third kappa shape index (κ3) is 3.68. The van der Waals surface area contributed by atoms with E-state index in [1.807, 2.05) is 18.2 Å². The van der Waals surface area contributed by atoms with Crippen LogP contribution in [0.15, 0.2) is 36.7 Å². The second kappa shape index (κ2) is 6.86. The molecule has 0 bridgehead atoms. The zero-order valence-corrected chi connectivity index (χ0v) is 11.8. The number of carbonyl (C=O) groups excluding carboxylic acids is 1. The first kappa shape index (κ1) is 14.3. The maximum atomic E-state index is 12.3. The highest BCUT2D eigenvalue weighted by atomic mass is 35.5. The van der Waals surface area contributed by atoms with Crippen molar-refractivity contribution >= 4 is 29.0 Å². The molecule has 104 valence electrons. The van der Waals surface area contributed by atoms with Crippen LogP contribution in [0.25, 0.3) is 0 Å². The van der Waals surface area contributed by atoms with Gasteiger partial charge < -0.3 is 10.6 Å². The Kier molecular flexibility index (Phi) is 4.90. The molecule has 0 fully saturated rings. The van der Waals surface area contributed by atoms with E-state index in [0.717, 1.165) is 18.7 Å². The molecule has 5 nitrogen and oxygen atoms in total. The van der Waals surface area contributed by atoms with Gasteiger partial charge in [0.2, 0.25) is 0 Å². The number of hydrogen-bond donors (Lipinski definition) is 2. The summed E-state index contributed by atoms with van der Waals surface area (Å²) in [6.45, 7) is 2.88. The van der Waals surface area contributed by atoms with Crippen LogP contribution < -0.4 is 10.6 Å². The van der Waals surface area contributed by atoms with Crippen LogP contribution in [0, 0.1) is 0 Å². The van der Waals surface area contributed by atoms with Gasteiger partial charge >= 0.3 is 0 Å². The number of hydrogen-bond acceptors (Lipinski definition) is 4. The Labute approximate surface area is 122 Å². The van der Waals surface area contributed by atoms with E-state index >= 15 is 0 Å². The molecule has 20 heavy (non-hydrogen) atoms. The highest BCUT2D eigenvalue weighted by Crippen LogP contribution is 2.17. The number of halogens is 1. The molecule has 0 radical (unpaired) electrons. The molecule has 0 aliphatic carbocycles. The highest BCUT2D eigenvalue weighted by Gasteiger charge is 2.11. The normalized spacial score (nSPS) is 10.1. The van der Waals surface area contributed by atoms with E-state index in [1.54, 1.807) is 6.07 Å². The average Bonchev–Trinajstić information content (AvgIpc) is 2.45. The zero-order chi connectivity index (χ0) is 14.4. The first-order chi connectivity index (χ1) is 9.70. The predicted molar refractivity (Wildman–Crippen MR) is 80.2 cm³/mol. The van der Waals surface area contributed by atoms with Crippen LogP contribution in [0.1, 0.15) is 23.7 Å². The summed E-state index contributed by atoms with van der Waals surface area (Å²) in [6, 6.07) is 8.84. The fraction of sp³-hybridized carbons (Fsp3) is 0.214. The fourth-order valence-electron chi connectivity index (χ4n) is 1.68. The Balaban J connectivity index is 2.16. The molecule has 6 heteroatoms. The van der Waals surface area contributed by atoms with E-state index in [-0.39, 0.29) is 11.1 Å². The van der Waals surface area contributed by atoms with Gasteiger partial charge in [0.05, 0.1) is 5.56 Å². The van der Waals surface area contributed by atoms with Crippen LogP contribution in [0.5, 0.6) is 0 Å². The number of amides is 1. The lowest BCUT2D eigenvalue weighted by Crippen LogP contribution is -2.15. The molecular formula is C14H15ClN4O. The van der Waals surface area contributed by atoms with Crippen LogP contribution in [0.2, 0.25) is 5.15 Å². The lowest BCUT2D eigenvalue weighted by Gasteiger charge is -2.11. The molecule has 0 unspecified atom stereocenters. The topological polar surface area (TPSA) is 66.9 Å². The van der Waals surface area contributed by atoms with E-state index in [2.05, 4.69) is 27.5 Å². The van der Waals surface area contributed by atoms with Crippen LogP contribution in [0.3, 0.4) is 0 Å². The monoisotopic (exact) mass is 290 g/mol. The smallest absolute Gasteiger partial charge is 0.258 e. The number of rotatable bonds is 5. The molecule has 0 spiro atoms. The van der Waals surface area contributed by atoms with Crippen molar-refractivity contribution in [3.05, 3.63) is 47.4 Å². The summed E-state index contributed by atoms with van der Waals surface area (Å²) in [6.07, 6.45) is 2.29. The molecule has 0 aliphatic heterocycles. The van der Waals surface area contributed by atoms with Crippen molar-refractivity contribution in [1.29, 1.82) is 0 Å². The summed E-state index contributed by atoms with van der Waals surface area (Å²) in [5.74, 6) is 0.138. The maximum Gasteiger partial charge on any atom is 0.258 e. The average molecular weight is 291 g/mol. The van der Waals surface area contributed by atoms with E-state index in [4.69, 9.17) is 11.6 Å². The van der Waals surface area contributed by atoms with Crippen molar-refractivity contribution < 1.29 is 4.79 Å². The van der Waals surface area contributed by atoms with Crippen LogP contribution in [0.4, 0.5) is 11.5 Å². The Bertz CT molecular complexity index is 603. The molecule has 2 aromatic rings.